The Balaban J connectivity index is 2.06. The minimum Gasteiger partial charge on any atom is -0.491 e. The fraction of sp³-hybridized carbons (Fsp3) is 0.625. The van der Waals surface area contributed by atoms with Crippen molar-refractivity contribution in [1.29, 1.82) is 0 Å². The number of nitro groups is 1. The minimum atomic E-state index is -0.379. The summed E-state index contributed by atoms with van der Waals surface area (Å²) in [6, 6.07) is 4.89. The van der Waals surface area contributed by atoms with Crippen molar-refractivity contribution >= 4 is 11.4 Å². The summed E-state index contributed by atoms with van der Waals surface area (Å²) in [5.74, 6) is 2.00. The SMILES string of the molecule is CC1CCC(CNc2cc(OC(C)C)cc([N+](=O)[O-])c2)C1. The van der Waals surface area contributed by atoms with E-state index < -0.39 is 0 Å². The lowest BCUT2D eigenvalue weighted by molar-refractivity contribution is -0.384. The van der Waals surface area contributed by atoms with E-state index in [1.165, 1.54) is 25.3 Å². The molecule has 1 saturated carbocycles. The molecule has 2 atom stereocenters. The first kappa shape index (κ1) is 15.6. The first-order valence-corrected chi connectivity index (χ1v) is 7.64. The van der Waals surface area contributed by atoms with Crippen molar-refractivity contribution in [3.8, 4) is 5.75 Å². The molecule has 0 heterocycles. The van der Waals surface area contributed by atoms with E-state index in [9.17, 15) is 10.1 Å². The highest BCUT2D eigenvalue weighted by molar-refractivity contribution is 5.56. The third-order valence-electron chi connectivity index (χ3n) is 3.87. The number of anilines is 1. The van der Waals surface area contributed by atoms with Gasteiger partial charge in [0, 0.05) is 24.4 Å². The molecule has 5 heteroatoms. The summed E-state index contributed by atoms with van der Waals surface area (Å²) in [4.78, 5) is 10.6. The lowest BCUT2D eigenvalue weighted by Gasteiger charge is -2.14. The van der Waals surface area contributed by atoms with Gasteiger partial charge in [-0.15, -0.1) is 0 Å². The van der Waals surface area contributed by atoms with Crippen LogP contribution in [0.5, 0.6) is 5.75 Å². The van der Waals surface area contributed by atoms with Crippen molar-refractivity contribution < 1.29 is 9.66 Å². The van der Waals surface area contributed by atoms with E-state index >= 15 is 0 Å². The molecule has 0 spiro atoms. The van der Waals surface area contributed by atoms with Gasteiger partial charge in [-0.25, -0.2) is 0 Å². The Bertz CT molecular complexity index is 502. The number of nitro benzene ring substituents is 1. The van der Waals surface area contributed by atoms with Gasteiger partial charge in [0.1, 0.15) is 5.75 Å². The highest BCUT2D eigenvalue weighted by Gasteiger charge is 2.21. The molecule has 1 aromatic carbocycles. The van der Waals surface area contributed by atoms with Crippen LogP contribution in [0.2, 0.25) is 0 Å². The fourth-order valence-electron chi connectivity index (χ4n) is 2.90. The smallest absolute Gasteiger partial charge is 0.275 e. The fourth-order valence-corrected chi connectivity index (χ4v) is 2.90. The van der Waals surface area contributed by atoms with Gasteiger partial charge >= 0.3 is 0 Å². The maximum atomic E-state index is 11.0. The van der Waals surface area contributed by atoms with Gasteiger partial charge in [-0.05, 0) is 38.5 Å². The molecule has 0 aliphatic heterocycles. The normalized spacial score (nSPS) is 21.5. The third kappa shape index (κ3) is 4.62. The second-order valence-corrected chi connectivity index (χ2v) is 6.30. The van der Waals surface area contributed by atoms with E-state index in [4.69, 9.17) is 4.74 Å². The average Bonchev–Trinajstić information content (AvgIpc) is 2.81. The Morgan fingerprint density at radius 2 is 2.14 bits per heavy atom. The van der Waals surface area contributed by atoms with Crippen LogP contribution >= 0.6 is 0 Å². The predicted molar refractivity (Wildman–Crippen MR) is 83.9 cm³/mol. The van der Waals surface area contributed by atoms with Crippen LogP contribution in [0.3, 0.4) is 0 Å². The lowest BCUT2D eigenvalue weighted by atomic mass is 10.1. The number of hydrogen-bond donors (Lipinski definition) is 1. The van der Waals surface area contributed by atoms with Crippen LogP contribution in [0, 0.1) is 22.0 Å². The second-order valence-electron chi connectivity index (χ2n) is 6.30. The number of rotatable bonds is 6. The van der Waals surface area contributed by atoms with Gasteiger partial charge in [0.15, 0.2) is 0 Å². The Labute approximate surface area is 125 Å². The number of nitrogens with one attached hydrogen (secondary N) is 1. The molecule has 2 unspecified atom stereocenters. The van der Waals surface area contributed by atoms with E-state index in [0.29, 0.717) is 11.7 Å². The third-order valence-corrected chi connectivity index (χ3v) is 3.87. The highest BCUT2D eigenvalue weighted by Crippen LogP contribution is 2.31. The summed E-state index contributed by atoms with van der Waals surface area (Å²) in [6.45, 7) is 6.96. The molecule has 1 aliphatic rings. The summed E-state index contributed by atoms with van der Waals surface area (Å²) in [5, 5.41) is 14.3. The van der Waals surface area contributed by atoms with E-state index in [2.05, 4.69) is 12.2 Å². The number of ether oxygens (including phenoxy) is 1. The minimum absolute atomic E-state index is 0.00413. The van der Waals surface area contributed by atoms with Crippen LogP contribution in [-0.2, 0) is 0 Å². The molecule has 1 aliphatic carbocycles. The largest absolute Gasteiger partial charge is 0.491 e. The standard InChI is InChI=1S/C16H24N2O3/c1-11(2)21-16-8-14(7-15(9-16)18(19)20)17-10-13-5-4-12(3)6-13/h7-9,11-13,17H,4-6,10H2,1-3H3. The molecular weight excluding hydrogens is 268 g/mol. The molecular formula is C16H24N2O3. The molecule has 1 fully saturated rings. The molecule has 5 nitrogen and oxygen atoms in total. The highest BCUT2D eigenvalue weighted by atomic mass is 16.6. The van der Waals surface area contributed by atoms with Crippen LogP contribution in [0.4, 0.5) is 11.4 Å². The summed E-state index contributed by atoms with van der Waals surface area (Å²) < 4.78 is 5.59. The summed E-state index contributed by atoms with van der Waals surface area (Å²) in [6.07, 6.45) is 3.74. The van der Waals surface area contributed by atoms with Gasteiger partial charge in [-0.3, -0.25) is 10.1 Å². The van der Waals surface area contributed by atoms with Crippen molar-refractivity contribution in [3.05, 3.63) is 28.3 Å². The molecule has 0 aromatic heterocycles. The van der Waals surface area contributed by atoms with Gasteiger partial charge in [0.05, 0.1) is 17.1 Å². The zero-order valence-electron chi connectivity index (χ0n) is 13.0. The van der Waals surface area contributed by atoms with Crippen LogP contribution in [0.1, 0.15) is 40.0 Å². The van der Waals surface area contributed by atoms with Gasteiger partial charge in [0.25, 0.3) is 5.69 Å². The Kier molecular flexibility index (Phi) is 5.04. The molecule has 116 valence electrons. The van der Waals surface area contributed by atoms with E-state index in [1.807, 2.05) is 19.9 Å². The summed E-state index contributed by atoms with van der Waals surface area (Å²) >= 11 is 0. The maximum absolute atomic E-state index is 11.0. The Morgan fingerprint density at radius 1 is 1.38 bits per heavy atom. The van der Waals surface area contributed by atoms with E-state index in [1.54, 1.807) is 6.07 Å². The van der Waals surface area contributed by atoms with Crippen LogP contribution < -0.4 is 10.1 Å². The van der Waals surface area contributed by atoms with Gasteiger partial charge in [-0.2, -0.15) is 0 Å². The van der Waals surface area contributed by atoms with E-state index in [-0.39, 0.29) is 16.7 Å². The van der Waals surface area contributed by atoms with Gasteiger partial charge in [0.2, 0.25) is 0 Å². The molecule has 0 bridgehead atoms. The zero-order chi connectivity index (χ0) is 15.4. The van der Waals surface area contributed by atoms with Crippen LogP contribution in [0.15, 0.2) is 18.2 Å². The van der Waals surface area contributed by atoms with Crippen LogP contribution in [0.25, 0.3) is 0 Å². The van der Waals surface area contributed by atoms with Gasteiger partial charge < -0.3 is 10.1 Å². The summed E-state index contributed by atoms with van der Waals surface area (Å²) in [7, 11) is 0. The number of hydrogen-bond acceptors (Lipinski definition) is 4. The summed E-state index contributed by atoms with van der Waals surface area (Å²) in [5.41, 5.74) is 0.829. The second kappa shape index (κ2) is 6.78. The maximum Gasteiger partial charge on any atom is 0.275 e. The molecule has 0 radical (unpaired) electrons. The molecule has 0 saturated heterocycles. The molecule has 21 heavy (non-hydrogen) atoms. The molecule has 1 aromatic rings. The van der Waals surface area contributed by atoms with Crippen molar-refractivity contribution in [2.24, 2.45) is 11.8 Å². The van der Waals surface area contributed by atoms with Crippen molar-refractivity contribution in [2.75, 3.05) is 11.9 Å². The Hall–Kier alpha value is -1.78. The number of nitrogens with zero attached hydrogens (tertiary/aromatic N) is 1. The lowest BCUT2D eigenvalue weighted by Crippen LogP contribution is -2.12. The topological polar surface area (TPSA) is 64.4 Å². The molecule has 0 amide bonds. The monoisotopic (exact) mass is 292 g/mol. The predicted octanol–water partition coefficient (Wildman–Crippen LogP) is 4.23. The first-order chi connectivity index (χ1) is 9.94. The Morgan fingerprint density at radius 3 is 2.71 bits per heavy atom. The molecule has 1 N–H and O–H groups in total. The first-order valence-electron chi connectivity index (χ1n) is 7.64. The quantitative estimate of drug-likeness (QED) is 0.629. The van der Waals surface area contributed by atoms with Crippen molar-refractivity contribution in [1.82, 2.24) is 0 Å². The van der Waals surface area contributed by atoms with Crippen molar-refractivity contribution in [3.63, 3.8) is 0 Å². The average molecular weight is 292 g/mol. The molecule has 2 rings (SSSR count). The van der Waals surface area contributed by atoms with Crippen molar-refractivity contribution in [2.45, 2.75) is 46.1 Å². The van der Waals surface area contributed by atoms with Gasteiger partial charge in [-0.1, -0.05) is 13.3 Å². The van der Waals surface area contributed by atoms with Crippen LogP contribution in [-0.4, -0.2) is 17.6 Å². The number of non-ortho nitro benzene ring substituents is 1. The zero-order valence-corrected chi connectivity index (χ0v) is 13.0. The van der Waals surface area contributed by atoms with E-state index in [0.717, 1.165) is 18.2 Å². The number of benzene rings is 1.